The number of hydrogen-bond donors (Lipinski definition) is 2. The summed E-state index contributed by atoms with van der Waals surface area (Å²) in [6.07, 6.45) is 3.70. The van der Waals surface area contributed by atoms with Gasteiger partial charge in [-0.2, -0.15) is 5.10 Å². The van der Waals surface area contributed by atoms with Crippen molar-refractivity contribution in [2.24, 2.45) is 5.92 Å². The zero-order valence-electron chi connectivity index (χ0n) is 14.0. The molecule has 2 N–H and O–H groups in total. The van der Waals surface area contributed by atoms with Gasteiger partial charge < -0.3 is 10.4 Å². The van der Waals surface area contributed by atoms with Crippen LogP contribution in [0.25, 0.3) is 0 Å². The fourth-order valence-corrected chi connectivity index (χ4v) is 3.95. The number of aliphatic hydroxyl groups is 1. The highest BCUT2D eigenvalue weighted by Gasteiger charge is 2.32. The van der Waals surface area contributed by atoms with Gasteiger partial charge in [0.2, 0.25) is 0 Å². The van der Waals surface area contributed by atoms with E-state index < -0.39 is 0 Å². The van der Waals surface area contributed by atoms with E-state index in [0.717, 1.165) is 58.2 Å². The SMILES string of the molecule is OCC[C@H]1CN(Cc2cc3n(n2)CCNC3)CCN1CC1CC1. The van der Waals surface area contributed by atoms with Crippen LogP contribution in [0.2, 0.25) is 0 Å². The minimum absolute atomic E-state index is 0.296. The Bertz CT molecular complexity index is 504. The topological polar surface area (TPSA) is 56.6 Å². The summed E-state index contributed by atoms with van der Waals surface area (Å²) in [5.74, 6) is 0.926. The molecule has 1 aromatic rings. The molecule has 0 amide bonds. The van der Waals surface area contributed by atoms with Gasteiger partial charge in [-0.1, -0.05) is 0 Å². The molecule has 0 radical (unpaired) electrons. The largest absolute Gasteiger partial charge is 0.396 e. The first-order valence-corrected chi connectivity index (χ1v) is 9.15. The average Bonchev–Trinajstić information content (AvgIpc) is 3.27. The summed E-state index contributed by atoms with van der Waals surface area (Å²) in [5.41, 5.74) is 2.51. The van der Waals surface area contributed by atoms with E-state index in [1.165, 1.54) is 30.8 Å². The van der Waals surface area contributed by atoms with E-state index in [2.05, 4.69) is 25.9 Å². The number of hydrogen-bond acceptors (Lipinski definition) is 5. The molecule has 2 fully saturated rings. The van der Waals surface area contributed by atoms with Gasteiger partial charge in [0.1, 0.15) is 0 Å². The molecular formula is C17H29N5O. The summed E-state index contributed by atoms with van der Waals surface area (Å²) in [6, 6.07) is 2.76. The molecule has 0 aromatic carbocycles. The highest BCUT2D eigenvalue weighted by atomic mass is 16.3. The molecule has 1 aliphatic carbocycles. The molecule has 1 saturated carbocycles. The van der Waals surface area contributed by atoms with Crippen molar-refractivity contribution >= 4 is 0 Å². The van der Waals surface area contributed by atoms with Crippen LogP contribution in [-0.2, 0) is 19.6 Å². The third kappa shape index (κ3) is 3.76. The van der Waals surface area contributed by atoms with E-state index in [0.29, 0.717) is 12.6 Å². The van der Waals surface area contributed by atoms with Gasteiger partial charge in [0.15, 0.2) is 0 Å². The van der Waals surface area contributed by atoms with E-state index in [1.807, 2.05) is 0 Å². The predicted molar refractivity (Wildman–Crippen MR) is 89.0 cm³/mol. The van der Waals surface area contributed by atoms with Crippen molar-refractivity contribution in [1.29, 1.82) is 0 Å². The number of aliphatic hydroxyl groups excluding tert-OH is 1. The lowest BCUT2D eigenvalue weighted by Gasteiger charge is -2.41. The van der Waals surface area contributed by atoms with Gasteiger partial charge in [-0.3, -0.25) is 14.5 Å². The van der Waals surface area contributed by atoms with Crippen LogP contribution in [0.3, 0.4) is 0 Å². The van der Waals surface area contributed by atoms with Crippen molar-refractivity contribution < 1.29 is 5.11 Å². The lowest BCUT2D eigenvalue weighted by molar-refractivity contribution is 0.0515. The number of piperazine rings is 1. The summed E-state index contributed by atoms with van der Waals surface area (Å²) < 4.78 is 2.15. The van der Waals surface area contributed by atoms with Crippen molar-refractivity contribution in [2.75, 3.05) is 39.3 Å². The van der Waals surface area contributed by atoms with Crippen LogP contribution in [0.1, 0.15) is 30.7 Å². The molecule has 2 aliphatic heterocycles. The predicted octanol–water partition coefficient (Wildman–Crippen LogP) is 0.265. The third-order valence-corrected chi connectivity index (χ3v) is 5.45. The van der Waals surface area contributed by atoms with Crippen LogP contribution < -0.4 is 5.32 Å². The molecule has 1 aromatic heterocycles. The molecule has 3 aliphatic rings. The summed E-state index contributed by atoms with van der Waals surface area (Å²) in [6.45, 7) is 8.74. The highest BCUT2D eigenvalue weighted by molar-refractivity contribution is 5.12. The molecule has 6 heteroatoms. The van der Waals surface area contributed by atoms with E-state index in [4.69, 9.17) is 5.10 Å². The van der Waals surface area contributed by atoms with Crippen LogP contribution in [0.4, 0.5) is 0 Å². The number of rotatable bonds is 6. The highest BCUT2D eigenvalue weighted by Crippen LogP contribution is 2.31. The molecule has 1 atom stereocenters. The Morgan fingerprint density at radius 1 is 1.26 bits per heavy atom. The maximum absolute atomic E-state index is 9.40. The van der Waals surface area contributed by atoms with Gasteiger partial charge >= 0.3 is 0 Å². The summed E-state index contributed by atoms with van der Waals surface area (Å²) >= 11 is 0. The van der Waals surface area contributed by atoms with Gasteiger partial charge in [0.25, 0.3) is 0 Å². The first-order chi connectivity index (χ1) is 11.3. The molecule has 0 unspecified atom stereocenters. The second-order valence-electron chi connectivity index (χ2n) is 7.37. The minimum atomic E-state index is 0.296. The van der Waals surface area contributed by atoms with Gasteiger partial charge in [-0.15, -0.1) is 0 Å². The molecular weight excluding hydrogens is 290 g/mol. The van der Waals surface area contributed by atoms with Gasteiger partial charge in [0.05, 0.1) is 17.9 Å². The van der Waals surface area contributed by atoms with E-state index in [9.17, 15) is 5.11 Å². The van der Waals surface area contributed by atoms with Crippen molar-refractivity contribution in [3.05, 3.63) is 17.5 Å². The van der Waals surface area contributed by atoms with Crippen molar-refractivity contribution in [1.82, 2.24) is 24.9 Å². The molecule has 1 saturated heterocycles. The number of fused-ring (bicyclic) bond motifs is 1. The standard InChI is InChI=1S/C17H29N5O/c23-8-3-16-13-20(6-7-21(16)11-14-1-2-14)12-15-9-17-10-18-4-5-22(17)19-15/h9,14,16,18,23H,1-8,10-13H2/t16-/m0/s1. The van der Waals surface area contributed by atoms with Crippen molar-refractivity contribution in [2.45, 2.75) is 44.9 Å². The van der Waals surface area contributed by atoms with E-state index >= 15 is 0 Å². The Morgan fingerprint density at radius 2 is 2.17 bits per heavy atom. The molecule has 3 heterocycles. The zero-order chi connectivity index (χ0) is 15.6. The van der Waals surface area contributed by atoms with Gasteiger partial charge in [-0.25, -0.2) is 0 Å². The minimum Gasteiger partial charge on any atom is -0.396 e. The van der Waals surface area contributed by atoms with E-state index in [-0.39, 0.29) is 0 Å². The Kier molecular flexibility index (Phi) is 4.66. The average molecular weight is 319 g/mol. The van der Waals surface area contributed by atoms with Crippen LogP contribution in [0.15, 0.2) is 6.07 Å². The molecule has 128 valence electrons. The Labute approximate surface area is 138 Å². The molecule has 6 nitrogen and oxygen atoms in total. The zero-order valence-corrected chi connectivity index (χ0v) is 14.0. The quantitative estimate of drug-likeness (QED) is 0.788. The molecule has 23 heavy (non-hydrogen) atoms. The smallest absolute Gasteiger partial charge is 0.0768 e. The second-order valence-corrected chi connectivity index (χ2v) is 7.37. The number of nitrogens with one attached hydrogen (secondary N) is 1. The maximum Gasteiger partial charge on any atom is 0.0768 e. The number of nitrogens with zero attached hydrogens (tertiary/aromatic N) is 4. The van der Waals surface area contributed by atoms with Crippen LogP contribution >= 0.6 is 0 Å². The Hall–Kier alpha value is -0.950. The fourth-order valence-electron chi connectivity index (χ4n) is 3.95. The van der Waals surface area contributed by atoms with E-state index in [1.54, 1.807) is 0 Å². The fraction of sp³-hybridized carbons (Fsp3) is 0.824. The normalized spacial score (nSPS) is 26.4. The van der Waals surface area contributed by atoms with Crippen LogP contribution in [0.5, 0.6) is 0 Å². The number of aromatic nitrogens is 2. The first-order valence-electron chi connectivity index (χ1n) is 9.15. The van der Waals surface area contributed by atoms with Crippen LogP contribution in [-0.4, -0.2) is 70.1 Å². The summed E-state index contributed by atoms with van der Waals surface area (Å²) in [7, 11) is 0. The Balaban J connectivity index is 1.36. The van der Waals surface area contributed by atoms with Gasteiger partial charge in [0, 0.05) is 58.5 Å². The molecule has 4 rings (SSSR count). The van der Waals surface area contributed by atoms with Crippen LogP contribution in [0, 0.1) is 5.92 Å². The molecule has 0 spiro atoms. The monoisotopic (exact) mass is 319 g/mol. The van der Waals surface area contributed by atoms with Gasteiger partial charge in [-0.05, 0) is 31.2 Å². The molecule has 0 bridgehead atoms. The van der Waals surface area contributed by atoms with Crippen molar-refractivity contribution in [3.8, 4) is 0 Å². The summed E-state index contributed by atoms with van der Waals surface area (Å²) in [5, 5.41) is 17.6. The maximum atomic E-state index is 9.40. The lowest BCUT2D eigenvalue weighted by Crippen LogP contribution is -2.53. The van der Waals surface area contributed by atoms with Crippen molar-refractivity contribution in [3.63, 3.8) is 0 Å². The lowest BCUT2D eigenvalue weighted by atomic mass is 10.1. The third-order valence-electron chi connectivity index (χ3n) is 5.45. The summed E-state index contributed by atoms with van der Waals surface area (Å²) in [4.78, 5) is 5.14. The first kappa shape index (κ1) is 15.6. The Morgan fingerprint density at radius 3 is 2.96 bits per heavy atom. The second kappa shape index (κ2) is 6.89.